The maximum Gasteiger partial charge on any atom is 0.418 e. The highest BCUT2D eigenvalue weighted by Crippen LogP contribution is 2.40. The Balaban J connectivity index is 1.76. The Labute approximate surface area is 189 Å². The molecule has 3 atom stereocenters. The van der Waals surface area contributed by atoms with E-state index in [1.807, 2.05) is 20.8 Å². The Morgan fingerprint density at radius 1 is 1.34 bits per heavy atom. The molecule has 176 valence electrons. The van der Waals surface area contributed by atoms with Crippen LogP contribution < -0.4 is 10.6 Å². The average molecular weight is 472 g/mol. The van der Waals surface area contributed by atoms with Crippen molar-refractivity contribution in [3.63, 3.8) is 0 Å². The van der Waals surface area contributed by atoms with Crippen LogP contribution in [0, 0.1) is 5.92 Å². The molecule has 1 aliphatic heterocycles. The van der Waals surface area contributed by atoms with Crippen LogP contribution in [-0.4, -0.2) is 40.1 Å². The molecular weight excluding hydrogens is 443 g/mol. The predicted molar refractivity (Wildman–Crippen MR) is 116 cm³/mol. The number of urea groups is 1. The van der Waals surface area contributed by atoms with Gasteiger partial charge in [0.25, 0.3) is 5.91 Å². The third kappa shape index (κ3) is 4.89. The fourth-order valence-electron chi connectivity index (χ4n) is 4.23. The van der Waals surface area contributed by atoms with Crippen molar-refractivity contribution in [3.05, 3.63) is 23.8 Å². The number of amides is 4. The Hall–Kier alpha value is -2.23. The molecule has 1 aliphatic carbocycles. The van der Waals surface area contributed by atoms with Crippen LogP contribution in [0.3, 0.4) is 0 Å². The molecular formula is C22H28F3N3O3S. The van der Waals surface area contributed by atoms with E-state index in [0.29, 0.717) is 11.3 Å². The molecule has 10 heteroatoms. The average Bonchev–Trinajstić information content (AvgIpc) is 2.95. The van der Waals surface area contributed by atoms with Gasteiger partial charge >= 0.3 is 12.2 Å². The quantitative estimate of drug-likeness (QED) is 0.450. The van der Waals surface area contributed by atoms with Gasteiger partial charge in [-0.15, -0.1) is 11.8 Å². The van der Waals surface area contributed by atoms with Crippen molar-refractivity contribution in [2.75, 3.05) is 11.9 Å². The minimum atomic E-state index is -4.67. The number of hydrogen-bond acceptors (Lipinski definition) is 4. The molecule has 0 aromatic heterocycles. The molecule has 1 heterocycles. The number of alkyl halides is 3. The van der Waals surface area contributed by atoms with Crippen molar-refractivity contribution < 1.29 is 27.6 Å². The van der Waals surface area contributed by atoms with Crippen LogP contribution in [0.25, 0.3) is 0 Å². The molecule has 3 rings (SSSR count). The monoisotopic (exact) mass is 471 g/mol. The van der Waals surface area contributed by atoms with E-state index < -0.39 is 47.4 Å². The van der Waals surface area contributed by atoms with Crippen LogP contribution in [0.2, 0.25) is 0 Å². The first-order valence-electron chi connectivity index (χ1n) is 10.8. The second kappa shape index (κ2) is 9.33. The summed E-state index contributed by atoms with van der Waals surface area (Å²) in [4.78, 5) is 39.2. The normalized spacial score (nSPS) is 24.6. The van der Waals surface area contributed by atoms with Crippen LogP contribution in [0.4, 0.5) is 23.7 Å². The molecule has 2 aliphatic rings. The van der Waals surface area contributed by atoms with E-state index in [-0.39, 0.29) is 11.2 Å². The number of nitrogens with zero attached hydrogens (tertiary/aromatic N) is 1. The van der Waals surface area contributed by atoms with E-state index in [9.17, 15) is 27.6 Å². The lowest BCUT2D eigenvalue weighted by molar-refractivity contribution is -0.138. The minimum absolute atomic E-state index is 0.0758. The van der Waals surface area contributed by atoms with Gasteiger partial charge in [0, 0.05) is 10.1 Å². The van der Waals surface area contributed by atoms with Crippen LogP contribution in [-0.2, 0) is 15.8 Å². The predicted octanol–water partition coefficient (Wildman–Crippen LogP) is 5.04. The van der Waals surface area contributed by atoms with E-state index >= 15 is 0 Å². The number of carbonyl (C=O) groups excluding carboxylic acids is 3. The Kier molecular flexibility index (Phi) is 7.12. The molecule has 1 aromatic rings. The molecule has 1 saturated carbocycles. The first-order chi connectivity index (χ1) is 15.0. The van der Waals surface area contributed by atoms with Crippen molar-refractivity contribution in [1.29, 1.82) is 0 Å². The summed E-state index contributed by atoms with van der Waals surface area (Å²) in [7, 11) is 0. The van der Waals surface area contributed by atoms with Gasteiger partial charge in [0.1, 0.15) is 12.1 Å². The number of rotatable bonds is 6. The standard InChI is InChI=1S/C22H28F3N3O3S/c1-4-14(3)32-15-8-9-17(16(11-15)22(23,24)25)26-18(29)12-28-19(30)21(27-20(28)31)10-6-5-7-13(21)2/h8-9,11,13-14H,4-7,10,12H2,1-3H3,(H,26,29)(H,27,31). The number of carbonyl (C=O) groups is 3. The van der Waals surface area contributed by atoms with Gasteiger partial charge in [0.15, 0.2) is 0 Å². The van der Waals surface area contributed by atoms with E-state index in [1.54, 1.807) is 0 Å². The van der Waals surface area contributed by atoms with Gasteiger partial charge in [-0.05, 0) is 43.4 Å². The van der Waals surface area contributed by atoms with Gasteiger partial charge < -0.3 is 10.6 Å². The zero-order valence-electron chi connectivity index (χ0n) is 18.3. The first kappa shape index (κ1) is 24.4. The zero-order valence-corrected chi connectivity index (χ0v) is 19.2. The number of benzene rings is 1. The number of halogens is 3. The van der Waals surface area contributed by atoms with Gasteiger partial charge in [-0.3, -0.25) is 14.5 Å². The summed E-state index contributed by atoms with van der Waals surface area (Å²) in [5.41, 5.74) is -2.39. The Morgan fingerprint density at radius 2 is 2.06 bits per heavy atom. The van der Waals surface area contributed by atoms with E-state index in [2.05, 4.69) is 10.6 Å². The number of nitrogens with one attached hydrogen (secondary N) is 2. The summed E-state index contributed by atoms with van der Waals surface area (Å²) in [5.74, 6) is -1.42. The van der Waals surface area contributed by atoms with Crippen LogP contribution in [0.5, 0.6) is 0 Å². The van der Waals surface area contributed by atoms with Crippen molar-refractivity contribution >= 4 is 35.3 Å². The SMILES string of the molecule is CCC(C)Sc1ccc(NC(=O)CN2C(=O)NC3(CCCCC3C)C2=O)c(C(F)(F)F)c1. The minimum Gasteiger partial charge on any atom is -0.324 e. The van der Waals surface area contributed by atoms with Crippen LogP contribution >= 0.6 is 11.8 Å². The Morgan fingerprint density at radius 3 is 2.69 bits per heavy atom. The highest BCUT2D eigenvalue weighted by Gasteiger charge is 2.55. The summed E-state index contributed by atoms with van der Waals surface area (Å²) in [6.45, 7) is 5.12. The number of thioether (sulfide) groups is 1. The number of hydrogen-bond donors (Lipinski definition) is 2. The van der Waals surface area contributed by atoms with Crippen molar-refractivity contribution in [2.45, 2.75) is 74.7 Å². The maximum atomic E-state index is 13.6. The summed E-state index contributed by atoms with van der Waals surface area (Å²) < 4.78 is 40.9. The largest absolute Gasteiger partial charge is 0.418 e. The van der Waals surface area contributed by atoms with Gasteiger partial charge in [0.05, 0.1) is 11.3 Å². The molecule has 2 N–H and O–H groups in total. The zero-order chi connectivity index (χ0) is 23.7. The summed E-state index contributed by atoms with van der Waals surface area (Å²) in [6.07, 6.45) is -0.857. The molecule has 6 nitrogen and oxygen atoms in total. The molecule has 2 fully saturated rings. The summed E-state index contributed by atoms with van der Waals surface area (Å²) >= 11 is 1.32. The fraction of sp³-hybridized carbons (Fsp3) is 0.591. The van der Waals surface area contributed by atoms with Gasteiger partial charge in [-0.2, -0.15) is 13.2 Å². The summed E-state index contributed by atoms with van der Waals surface area (Å²) in [5, 5.41) is 5.11. The molecule has 0 bridgehead atoms. The van der Waals surface area contributed by atoms with Crippen LogP contribution in [0.1, 0.15) is 58.4 Å². The molecule has 4 amide bonds. The molecule has 32 heavy (non-hydrogen) atoms. The van der Waals surface area contributed by atoms with E-state index in [0.717, 1.165) is 36.6 Å². The van der Waals surface area contributed by atoms with Gasteiger partial charge in [-0.25, -0.2) is 4.79 Å². The smallest absolute Gasteiger partial charge is 0.324 e. The molecule has 1 saturated heterocycles. The highest BCUT2D eigenvalue weighted by atomic mass is 32.2. The third-order valence-corrected chi connectivity index (χ3v) is 7.55. The molecule has 3 unspecified atom stereocenters. The second-order valence-corrected chi connectivity index (χ2v) is 10.0. The van der Waals surface area contributed by atoms with Crippen molar-refractivity contribution in [2.24, 2.45) is 5.92 Å². The molecule has 0 radical (unpaired) electrons. The number of anilines is 1. The third-order valence-electron chi connectivity index (χ3n) is 6.29. The van der Waals surface area contributed by atoms with Crippen LogP contribution in [0.15, 0.2) is 23.1 Å². The fourth-order valence-corrected chi connectivity index (χ4v) is 5.19. The Bertz CT molecular complexity index is 908. The van der Waals surface area contributed by atoms with Gasteiger partial charge in [-0.1, -0.05) is 33.6 Å². The van der Waals surface area contributed by atoms with Crippen molar-refractivity contribution in [1.82, 2.24) is 10.2 Å². The first-order valence-corrected chi connectivity index (χ1v) is 11.7. The van der Waals surface area contributed by atoms with E-state index in [1.165, 1.54) is 23.9 Å². The number of imide groups is 1. The second-order valence-electron chi connectivity index (χ2n) is 8.53. The molecule has 1 spiro atoms. The van der Waals surface area contributed by atoms with E-state index in [4.69, 9.17) is 0 Å². The maximum absolute atomic E-state index is 13.6. The van der Waals surface area contributed by atoms with Gasteiger partial charge in [0.2, 0.25) is 5.91 Å². The lowest BCUT2D eigenvalue weighted by atomic mass is 9.73. The van der Waals surface area contributed by atoms with Crippen molar-refractivity contribution in [3.8, 4) is 0 Å². The topological polar surface area (TPSA) is 78.5 Å². The summed E-state index contributed by atoms with van der Waals surface area (Å²) in [6, 6.07) is 3.06. The molecule has 1 aromatic carbocycles. The lowest BCUT2D eigenvalue weighted by Gasteiger charge is -2.36. The highest BCUT2D eigenvalue weighted by molar-refractivity contribution is 7.99. The lowest BCUT2D eigenvalue weighted by Crippen LogP contribution is -2.54.